The van der Waals surface area contributed by atoms with Crippen LogP contribution in [0.2, 0.25) is 0 Å². The van der Waals surface area contributed by atoms with Gasteiger partial charge < -0.3 is 5.11 Å². The Morgan fingerprint density at radius 2 is 2.11 bits per heavy atom. The zero-order valence-electron chi connectivity index (χ0n) is 9.42. The van der Waals surface area contributed by atoms with E-state index < -0.39 is 35.9 Å². The normalized spacial score (nSPS) is 13.2. The van der Waals surface area contributed by atoms with E-state index in [1.54, 1.807) is 0 Å². The number of aliphatic hydroxyl groups excluding tert-OH is 1. The molecule has 0 aliphatic rings. The van der Waals surface area contributed by atoms with Crippen molar-refractivity contribution in [2.45, 2.75) is 11.2 Å². The molecule has 6 nitrogen and oxygen atoms in total. The first kappa shape index (κ1) is 14.9. The van der Waals surface area contributed by atoms with Crippen molar-refractivity contribution in [3.63, 3.8) is 0 Å². The van der Waals surface area contributed by atoms with E-state index in [-0.39, 0.29) is 9.33 Å². The minimum atomic E-state index is -4.68. The first-order valence-electron chi connectivity index (χ1n) is 4.84. The Morgan fingerprint density at radius 1 is 1.50 bits per heavy atom. The van der Waals surface area contributed by atoms with Gasteiger partial charge in [0.15, 0.2) is 5.03 Å². The smallest absolute Gasteiger partial charge is 0.395 e. The maximum atomic E-state index is 12.3. The summed E-state index contributed by atoms with van der Waals surface area (Å²) in [4.78, 5) is 0. The highest BCUT2D eigenvalue weighted by molar-refractivity contribution is 7.89. The quantitative estimate of drug-likeness (QED) is 0.825. The predicted molar refractivity (Wildman–Crippen MR) is 55.1 cm³/mol. The van der Waals surface area contributed by atoms with E-state index >= 15 is 0 Å². The molecule has 1 aromatic heterocycles. The summed E-state index contributed by atoms with van der Waals surface area (Å²) in [5.41, 5.74) is 0. The Kier molecular flexibility index (Phi) is 4.35. The van der Waals surface area contributed by atoms with Gasteiger partial charge in [0.25, 0.3) is 10.0 Å². The number of nitrogens with zero attached hydrogens (tertiary/aromatic N) is 3. The third kappa shape index (κ3) is 3.43. The predicted octanol–water partition coefficient (Wildman–Crippen LogP) is -0.0346. The topological polar surface area (TPSA) is 75.4 Å². The lowest BCUT2D eigenvalue weighted by Crippen LogP contribution is -2.41. The van der Waals surface area contributed by atoms with Gasteiger partial charge in [0.1, 0.15) is 6.54 Å². The second-order valence-corrected chi connectivity index (χ2v) is 5.36. The summed E-state index contributed by atoms with van der Waals surface area (Å²) in [6, 6.07) is 1.09. The van der Waals surface area contributed by atoms with Crippen LogP contribution in [-0.4, -0.2) is 53.5 Å². The molecule has 18 heavy (non-hydrogen) atoms. The molecule has 1 rings (SSSR count). The molecule has 104 valence electrons. The fourth-order valence-corrected chi connectivity index (χ4v) is 2.86. The SMILES string of the molecule is Cn1nccc1S(=O)(=O)N(CCO)CC(F)(F)F. The van der Waals surface area contributed by atoms with Crippen molar-refractivity contribution >= 4 is 10.0 Å². The third-order valence-corrected chi connectivity index (χ3v) is 4.01. The maximum Gasteiger partial charge on any atom is 0.402 e. The number of aryl methyl sites for hydroxylation is 1. The van der Waals surface area contributed by atoms with Crippen LogP contribution in [0, 0.1) is 0 Å². The van der Waals surface area contributed by atoms with Gasteiger partial charge >= 0.3 is 6.18 Å². The molecule has 0 fully saturated rings. The van der Waals surface area contributed by atoms with Gasteiger partial charge in [-0.1, -0.05) is 0 Å². The van der Waals surface area contributed by atoms with E-state index in [9.17, 15) is 21.6 Å². The summed E-state index contributed by atoms with van der Waals surface area (Å²) in [7, 11) is -3.03. The maximum absolute atomic E-state index is 12.3. The van der Waals surface area contributed by atoms with Gasteiger partial charge in [0, 0.05) is 13.6 Å². The number of aliphatic hydroxyl groups is 1. The molecule has 0 atom stereocenters. The highest BCUT2D eigenvalue weighted by Crippen LogP contribution is 2.21. The molecule has 0 amide bonds. The van der Waals surface area contributed by atoms with Crippen molar-refractivity contribution in [2.24, 2.45) is 7.05 Å². The molecule has 0 aliphatic carbocycles. The zero-order valence-corrected chi connectivity index (χ0v) is 10.2. The standard InChI is InChI=1S/C8H12F3N3O3S/c1-13-7(2-3-12-13)18(16,17)14(4-5-15)6-8(9,10)11/h2-3,15H,4-6H2,1H3. The van der Waals surface area contributed by atoms with Crippen LogP contribution in [0.15, 0.2) is 17.3 Å². The van der Waals surface area contributed by atoms with Crippen LogP contribution in [0.4, 0.5) is 13.2 Å². The third-order valence-electron chi connectivity index (χ3n) is 2.09. The largest absolute Gasteiger partial charge is 0.402 e. The molecular formula is C8H12F3N3O3S. The summed E-state index contributed by atoms with van der Waals surface area (Å²) in [5.74, 6) is 0. The van der Waals surface area contributed by atoms with Crippen molar-refractivity contribution in [3.8, 4) is 0 Å². The van der Waals surface area contributed by atoms with E-state index in [1.165, 1.54) is 7.05 Å². The first-order valence-corrected chi connectivity index (χ1v) is 6.28. The molecule has 0 aromatic carbocycles. The molecule has 1 aromatic rings. The van der Waals surface area contributed by atoms with Gasteiger partial charge in [0.2, 0.25) is 0 Å². The van der Waals surface area contributed by atoms with E-state index in [2.05, 4.69) is 5.10 Å². The average Bonchev–Trinajstić information content (AvgIpc) is 2.62. The number of halogens is 3. The Hall–Kier alpha value is -1.13. The Morgan fingerprint density at radius 3 is 2.50 bits per heavy atom. The molecule has 1 N–H and O–H groups in total. The second kappa shape index (κ2) is 5.24. The second-order valence-electron chi connectivity index (χ2n) is 3.47. The van der Waals surface area contributed by atoms with Gasteiger partial charge in [-0.2, -0.15) is 22.6 Å². The average molecular weight is 287 g/mol. The van der Waals surface area contributed by atoms with Crippen LogP contribution in [0.5, 0.6) is 0 Å². The number of hydrogen-bond donors (Lipinski definition) is 1. The lowest BCUT2D eigenvalue weighted by Gasteiger charge is -2.22. The van der Waals surface area contributed by atoms with Crippen molar-refractivity contribution in [2.75, 3.05) is 19.7 Å². The van der Waals surface area contributed by atoms with Crippen molar-refractivity contribution < 1.29 is 26.7 Å². The fourth-order valence-electron chi connectivity index (χ4n) is 1.34. The zero-order chi connectivity index (χ0) is 14.0. The Bertz CT molecular complexity index is 497. The van der Waals surface area contributed by atoms with Gasteiger partial charge in [-0.25, -0.2) is 8.42 Å². The highest BCUT2D eigenvalue weighted by atomic mass is 32.2. The van der Waals surface area contributed by atoms with Crippen molar-refractivity contribution in [3.05, 3.63) is 12.3 Å². The molecule has 1 heterocycles. The number of hydrogen-bond acceptors (Lipinski definition) is 4. The van der Waals surface area contributed by atoms with E-state index in [0.717, 1.165) is 16.9 Å². The summed E-state index contributed by atoms with van der Waals surface area (Å²) < 4.78 is 61.9. The first-order chi connectivity index (χ1) is 8.18. The molecule has 0 unspecified atom stereocenters. The molecule has 0 saturated heterocycles. The molecule has 0 bridgehead atoms. The molecule has 10 heteroatoms. The van der Waals surface area contributed by atoms with Crippen LogP contribution in [-0.2, 0) is 17.1 Å². The molecule has 0 radical (unpaired) electrons. The van der Waals surface area contributed by atoms with E-state index in [0.29, 0.717) is 0 Å². The summed E-state index contributed by atoms with van der Waals surface area (Å²) in [6.45, 7) is -2.98. The van der Waals surface area contributed by atoms with Gasteiger partial charge in [0.05, 0.1) is 12.8 Å². The summed E-state index contributed by atoms with van der Waals surface area (Å²) in [5, 5.41) is 11.9. The van der Waals surface area contributed by atoms with Gasteiger partial charge in [-0.15, -0.1) is 0 Å². The van der Waals surface area contributed by atoms with Crippen LogP contribution < -0.4 is 0 Å². The molecule has 0 saturated carbocycles. The number of alkyl halides is 3. The lowest BCUT2D eigenvalue weighted by atomic mass is 10.6. The minimum Gasteiger partial charge on any atom is -0.395 e. The van der Waals surface area contributed by atoms with Crippen LogP contribution in [0.1, 0.15) is 0 Å². The Balaban J connectivity index is 3.09. The van der Waals surface area contributed by atoms with Crippen molar-refractivity contribution in [1.82, 2.24) is 14.1 Å². The summed E-state index contributed by atoms with van der Waals surface area (Å²) in [6.07, 6.45) is -3.52. The summed E-state index contributed by atoms with van der Waals surface area (Å²) >= 11 is 0. The van der Waals surface area contributed by atoms with Crippen molar-refractivity contribution in [1.29, 1.82) is 0 Å². The fraction of sp³-hybridized carbons (Fsp3) is 0.625. The lowest BCUT2D eigenvalue weighted by molar-refractivity contribution is -0.136. The van der Waals surface area contributed by atoms with Crippen LogP contribution in [0.3, 0.4) is 0 Å². The molecular weight excluding hydrogens is 275 g/mol. The van der Waals surface area contributed by atoms with E-state index in [1.807, 2.05) is 0 Å². The van der Waals surface area contributed by atoms with Crippen LogP contribution in [0.25, 0.3) is 0 Å². The van der Waals surface area contributed by atoms with E-state index in [4.69, 9.17) is 5.11 Å². The van der Waals surface area contributed by atoms with Gasteiger partial charge in [-0.3, -0.25) is 4.68 Å². The number of aromatic nitrogens is 2. The van der Waals surface area contributed by atoms with Gasteiger partial charge in [-0.05, 0) is 6.07 Å². The monoisotopic (exact) mass is 287 g/mol. The van der Waals surface area contributed by atoms with Crippen LogP contribution >= 0.6 is 0 Å². The minimum absolute atomic E-state index is 0.171. The molecule has 0 aliphatic heterocycles. The Labute approximate surface area is 102 Å². The number of rotatable bonds is 5. The molecule has 0 spiro atoms. The number of sulfonamides is 1. The highest BCUT2D eigenvalue weighted by Gasteiger charge is 2.37.